The Labute approximate surface area is 150 Å². The van der Waals surface area contributed by atoms with Crippen molar-refractivity contribution in [2.45, 2.75) is 51.4 Å². The maximum atomic E-state index is 11.7. The molecule has 0 radical (unpaired) electrons. The lowest BCUT2D eigenvalue weighted by Gasteiger charge is -2.41. The van der Waals surface area contributed by atoms with Crippen molar-refractivity contribution in [1.29, 1.82) is 0 Å². The number of esters is 1. The summed E-state index contributed by atoms with van der Waals surface area (Å²) in [6, 6.07) is 12.7. The summed E-state index contributed by atoms with van der Waals surface area (Å²) in [5, 5.41) is 2.34. The number of ether oxygens (including phenoxy) is 1. The highest BCUT2D eigenvalue weighted by Gasteiger charge is 2.34. The largest absolute Gasteiger partial charge is 0.465 e. The lowest BCUT2D eigenvalue weighted by molar-refractivity contribution is 0.0601. The van der Waals surface area contributed by atoms with E-state index in [9.17, 15) is 4.79 Å². The van der Waals surface area contributed by atoms with Gasteiger partial charge in [-0.2, -0.15) is 0 Å². The van der Waals surface area contributed by atoms with Crippen LogP contribution in [0.25, 0.3) is 10.8 Å². The SMILES string of the molecule is COC(=O)c1ccc2cc(C3CCC4CC(C)CCC4C3)ccc2c1. The van der Waals surface area contributed by atoms with Crippen LogP contribution < -0.4 is 0 Å². The minimum atomic E-state index is -0.268. The Balaban J connectivity index is 1.55. The summed E-state index contributed by atoms with van der Waals surface area (Å²) in [6.45, 7) is 2.42. The van der Waals surface area contributed by atoms with E-state index in [1.165, 1.54) is 56.6 Å². The van der Waals surface area contributed by atoms with Gasteiger partial charge in [0.05, 0.1) is 12.7 Å². The van der Waals surface area contributed by atoms with Gasteiger partial charge in [0.2, 0.25) is 0 Å². The van der Waals surface area contributed by atoms with Gasteiger partial charge in [-0.25, -0.2) is 4.79 Å². The molecule has 4 atom stereocenters. The summed E-state index contributed by atoms with van der Waals surface area (Å²) >= 11 is 0. The van der Waals surface area contributed by atoms with Gasteiger partial charge < -0.3 is 4.74 Å². The number of benzene rings is 2. The average Bonchev–Trinajstić information content (AvgIpc) is 2.66. The maximum absolute atomic E-state index is 11.7. The van der Waals surface area contributed by atoms with Crippen LogP contribution >= 0.6 is 0 Å². The lowest BCUT2D eigenvalue weighted by atomic mass is 9.64. The monoisotopic (exact) mass is 336 g/mol. The van der Waals surface area contributed by atoms with E-state index in [1.807, 2.05) is 12.1 Å². The molecule has 4 unspecified atom stereocenters. The zero-order valence-electron chi connectivity index (χ0n) is 15.3. The topological polar surface area (TPSA) is 26.3 Å². The fraction of sp³-hybridized carbons (Fsp3) is 0.522. The van der Waals surface area contributed by atoms with Gasteiger partial charge in [0.1, 0.15) is 0 Å². The molecule has 0 amide bonds. The molecule has 2 nitrogen and oxygen atoms in total. The molecule has 0 aliphatic heterocycles. The molecule has 0 aromatic heterocycles. The van der Waals surface area contributed by atoms with Crippen molar-refractivity contribution in [3.8, 4) is 0 Å². The van der Waals surface area contributed by atoms with Crippen molar-refractivity contribution < 1.29 is 9.53 Å². The Hall–Kier alpha value is -1.83. The molecular formula is C23H28O2. The molecule has 4 rings (SSSR count). The van der Waals surface area contributed by atoms with Gasteiger partial charge in [0.15, 0.2) is 0 Å². The predicted molar refractivity (Wildman–Crippen MR) is 102 cm³/mol. The minimum Gasteiger partial charge on any atom is -0.465 e. The molecule has 2 aliphatic rings. The number of methoxy groups -OCH3 is 1. The van der Waals surface area contributed by atoms with Crippen LogP contribution in [0.4, 0.5) is 0 Å². The number of hydrogen-bond donors (Lipinski definition) is 0. The molecule has 0 spiro atoms. The van der Waals surface area contributed by atoms with Crippen LogP contribution in [0.15, 0.2) is 36.4 Å². The van der Waals surface area contributed by atoms with E-state index in [0.717, 1.165) is 23.1 Å². The third-order valence-corrected chi connectivity index (χ3v) is 6.63. The third-order valence-electron chi connectivity index (χ3n) is 6.63. The number of hydrogen-bond acceptors (Lipinski definition) is 2. The van der Waals surface area contributed by atoms with Gasteiger partial charge in [0.25, 0.3) is 0 Å². The van der Waals surface area contributed by atoms with Gasteiger partial charge in [-0.15, -0.1) is 0 Å². The number of rotatable bonds is 2. The molecule has 0 N–H and O–H groups in total. The van der Waals surface area contributed by atoms with Crippen LogP contribution in [0.3, 0.4) is 0 Å². The molecule has 2 aliphatic carbocycles. The maximum Gasteiger partial charge on any atom is 0.337 e. The first-order chi connectivity index (χ1) is 12.1. The van der Waals surface area contributed by atoms with E-state index in [1.54, 1.807) is 0 Å². The highest BCUT2D eigenvalue weighted by Crippen LogP contribution is 2.47. The van der Waals surface area contributed by atoms with Crippen LogP contribution in [-0.2, 0) is 4.74 Å². The van der Waals surface area contributed by atoms with E-state index in [4.69, 9.17) is 4.74 Å². The second-order valence-corrected chi connectivity index (χ2v) is 8.26. The molecule has 2 aromatic rings. The second kappa shape index (κ2) is 6.82. The predicted octanol–water partition coefficient (Wildman–Crippen LogP) is 5.95. The first kappa shape index (κ1) is 16.6. The molecule has 132 valence electrons. The quantitative estimate of drug-likeness (QED) is 0.634. The summed E-state index contributed by atoms with van der Waals surface area (Å²) in [5.41, 5.74) is 2.11. The second-order valence-electron chi connectivity index (χ2n) is 8.26. The van der Waals surface area contributed by atoms with Crippen LogP contribution in [0.5, 0.6) is 0 Å². The Morgan fingerprint density at radius 2 is 1.64 bits per heavy atom. The molecule has 2 fully saturated rings. The summed E-state index contributed by atoms with van der Waals surface area (Å²) < 4.78 is 4.82. The summed E-state index contributed by atoms with van der Waals surface area (Å²) in [4.78, 5) is 11.7. The van der Waals surface area contributed by atoms with E-state index >= 15 is 0 Å². The van der Waals surface area contributed by atoms with E-state index in [0.29, 0.717) is 11.5 Å². The Kier molecular flexibility index (Phi) is 4.54. The van der Waals surface area contributed by atoms with Crippen molar-refractivity contribution in [3.05, 3.63) is 47.5 Å². The van der Waals surface area contributed by atoms with Crippen molar-refractivity contribution in [3.63, 3.8) is 0 Å². The summed E-state index contributed by atoms with van der Waals surface area (Å²) in [7, 11) is 1.43. The zero-order chi connectivity index (χ0) is 17.4. The van der Waals surface area contributed by atoms with Gasteiger partial charge >= 0.3 is 5.97 Å². The summed E-state index contributed by atoms with van der Waals surface area (Å²) in [6.07, 6.45) is 8.40. The summed E-state index contributed by atoms with van der Waals surface area (Å²) in [5.74, 6) is 3.29. The average molecular weight is 336 g/mol. The standard InChI is InChI=1S/C23H28O2/c1-15-3-4-17-12-18(6-5-16(17)11-15)19-7-8-21-14-22(23(24)25-2)10-9-20(21)13-19/h7-10,13-18H,3-6,11-12H2,1-2H3. The highest BCUT2D eigenvalue weighted by atomic mass is 16.5. The third kappa shape index (κ3) is 3.31. The Bertz CT molecular complexity index is 779. The van der Waals surface area contributed by atoms with Crippen LogP contribution in [-0.4, -0.2) is 13.1 Å². The fourth-order valence-corrected chi connectivity index (χ4v) is 5.19. The Morgan fingerprint density at radius 3 is 2.48 bits per heavy atom. The van der Waals surface area contributed by atoms with Crippen LogP contribution in [0, 0.1) is 17.8 Å². The molecule has 0 heterocycles. The normalized spacial score (nSPS) is 29.2. The molecule has 2 heteroatoms. The van der Waals surface area contributed by atoms with Gasteiger partial charge in [-0.05, 0) is 84.2 Å². The zero-order valence-corrected chi connectivity index (χ0v) is 15.3. The van der Waals surface area contributed by atoms with Crippen molar-refractivity contribution in [2.75, 3.05) is 7.11 Å². The molecule has 25 heavy (non-hydrogen) atoms. The molecular weight excluding hydrogens is 308 g/mol. The van der Waals surface area contributed by atoms with Crippen molar-refractivity contribution >= 4 is 16.7 Å². The minimum absolute atomic E-state index is 0.268. The first-order valence-corrected chi connectivity index (χ1v) is 9.76. The van der Waals surface area contributed by atoms with E-state index in [2.05, 4.69) is 31.2 Å². The van der Waals surface area contributed by atoms with Gasteiger partial charge in [0, 0.05) is 0 Å². The Morgan fingerprint density at radius 1 is 0.920 bits per heavy atom. The van der Waals surface area contributed by atoms with Crippen LogP contribution in [0.2, 0.25) is 0 Å². The van der Waals surface area contributed by atoms with Gasteiger partial charge in [-0.1, -0.05) is 37.6 Å². The highest BCUT2D eigenvalue weighted by molar-refractivity contribution is 5.95. The van der Waals surface area contributed by atoms with Gasteiger partial charge in [-0.3, -0.25) is 0 Å². The van der Waals surface area contributed by atoms with Crippen molar-refractivity contribution in [2.24, 2.45) is 17.8 Å². The van der Waals surface area contributed by atoms with E-state index < -0.39 is 0 Å². The molecule has 0 saturated heterocycles. The lowest BCUT2D eigenvalue weighted by Crippen LogP contribution is -2.29. The van der Waals surface area contributed by atoms with Crippen molar-refractivity contribution in [1.82, 2.24) is 0 Å². The molecule has 2 saturated carbocycles. The molecule has 0 bridgehead atoms. The molecule has 2 aromatic carbocycles. The first-order valence-electron chi connectivity index (χ1n) is 9.76. The number of carbonyl (C=O) groups excluding carboxylic acids is 1. The van der Waals surface area contributed by atoms with Crippen LogP contribution in [0.1, 0.15) is 67.3 Å². The fourth-order valence-electron chi connectivity index (χ4n) is 5.19. The number of fused-ring (bicyclic) bond motifs is 2. The number of carbonyl (C=O) groups is 1. The van der Waals surface area contributed by atoms with E-state index in [-0.39, 0.29) is 5.97 Å². The smallest absolute Gasteiger partial charge is 0.337 e.